The van der Waals surface area contributed by atoms with E-state index in [-0.39, 0.29) is 17.1 Å². The van der Waals surface area contributed by atoms with Crippen molar-refractivity contribution < 1.29 is 19.1 Å². The lowest BCUT2D eigenvalue weighted by Gasteiger charge is -2.17. The quantitative estimate of drug-likeness (QED) is 0.705. The Kier molecular flexibility index (Phi) is 6.98. The summed E-state index contributed by atoms with van der Waals surface area (Å²) < 4.78 is 4.81. The number of esters is 1. The van der Waals surface area contributed by atoms with E-state index in [0.29, 0.717) is 10.7 Å². The number of likely N-dealkylation sites (N-methyl/N-ethyl adjacent to an activating group) is 1. The van der Waals surface area contributed by atoms with E-state index in [9.17, 15) is 19.2 Å². The molecule has 2 aromatic rings. The van der Waals surface area contributed by atoms with E-state index in [2.05, 4.69) is 10.3 Å². The van der Waals surface area contributed by atoms with Gasteiger partial charge in [0.15, 0.2) is 6.61 Å². The van der Waals surface area contributed by atoms with Crippen molar-refractivity contribution in [2.24, 2.45) is 0 Å². The van der Waals surface area contributed by atoms with Crippen LogP contribution in [0.4, 0.5) is 5.69 Å². The second-order valence-corrected chi connectivity index (χ2v) is 6.23. The Bertz CT molecular complexity index is 929. The third-order valence-corrected chi connectivity index (χ3v) is 4.11. The second kappa shape index (κ2) is 9.20. The van der Waals surface area contributed by atoms with Gasteiger partial charge in [-0.1, -0.05) is 23.2 Å². The molecule has 0 aliphatic heterocycles. The lowest BCUT2D eigenvalue weighted by atomic mass is 10.3. The maximum absolute atomic E-state index is 12.0. The highest BCUT2D eigenvalue weighted by molar-refractivity contribution is 6.42. The van der Waals surface area contributed by atoms with Gasteiger partial charge in [-0.2, -0.15) is 0 Å². The molecule has 0 aliphatic carbocycles. The summed E-state index contributed by atoms with van der Waals surface area (Å²) in [6.45, 7) is -0.883. The zero-order chi connectivity index (χ0) is 20.0. The summed E-state index contributed by atoms with van der Waals surface area (Å²) in [6.07, 6.45) is 1.37. The first-order chi connectivity index (χ1) is 12.8. The van der Waals surface area contributed by atoms with Crippen molar-refractivity contribution >= 4 is 46.7 Å². The van der Waals surface area contributed by atoms with Gasteiger partial charge in [0.1, 0.15) is 5.56 Å². The number of benzene rings is 1. The van der Waals surface area contributed by atoms with Gasteiger partial charge in [-0.05, 0) is 30.3 Å². The van der Waals surface area contributed by atoms with Gasteiger partial charge >= 0.3 is 5.97 Å². The molecule has 2 rings (SSSR count). The van der Waals surface area contributed by atoms with Gasteiger partial charge in [-0.3, -0.25) is 14.4 Å². The van der Waals surface area contributed by atoms with Crippen molar-refractivity contribution in [1.82, 2.24) is 9.88 Å². The number of H-pyrrole nitrogens is 1. The maximum Gasteiger partial charge on any atom is 0.344 e. The Balaban J connectivity index is 1.85. The third kappa shape index (κ3) is 5.83. The molecular formula is C17H15Cl2N3O5. The summed E-state index contributed by atoms with van der Waals surface area (Å²) in [7, 11) is 1.37. The number of halogens is 2. The van der Waals surface area contributed by atoms with Crippen molar-refractivity contribution in [3.05, 3.63) is 62.5 Å². The molecule has 0 saturated carbocycles. The minimum atomic E-state index is -0.932. The van der Waals surface area contributed by atoms with Crippen LogP contribution in [0.5, 0.6) is 0 Å². The average molecular weight is 412 g/mol. The van der Waals surface area contributed by atoms with Gasteiger partial charge in [-0.15, -0.1) is 0 Å². The molecule has 0 unspecified atom stereocenters. The van der Waals surface area contributed by atoms with Crippen molar-refractivity contribution in [2.75, 3.05) is 25.5 Å². The molecule has 10 heteroatoms. The maximum atomic E-state index is 12.0. The van der Waals surface area contributed by atoms with Crippen LogP contribution in [-0.4, -0.2) is 47.9 Å². The molecule has 0 bridgehead atoms. The zero-order valence-electron chi connectivity index (χ0n) is 14.1. The number of pyridine rings is 1. The van der Waals surface area contributed by atoms with E-state index in [4.69, 9.17) is 27.9 Å². The summed E-state index contributed by atoms with van der Waals surface area (Å²) in [5.74, 6) is -2.02. The highest BCUT2D eigenvalue weighted by atomic mass is 35.5. The Morgan fingerprint density at radius 3 is 2.59 bits per heavy atom. The smallest absolute Gasteiger partial charge is 0.344 e. The molecule has 142 valence electrons. The van der Waals surface area contributed by atoms with E-state index in [1.807, 2.05) is 0 Å². The van der Waals surface area contributed by atoms with Gasteiger partial charge in [-0.25, -0.2) is 4.79 Å². The number of hydrogen-bond acceptors (Lipinski definition) is 5. The number of carbonyl (C=O) groups is 3. The summed E-state index contributed by atoms with van der Waals surface area (Å²) in [6, 6.07) is 7.30. The fraction of sp³-hybridized carbons (Fsp3) is 0.176. The Morgan fingerprint density at radius 1 is 1.19 bits per heavy atom. The standard InChI is InChI=1S/C17H15Cl2N3O5/c1-22(8-14(23)21-10-4-5-12(18)13(19)7-10)15(24)9-27-17(26)11-3-2-6-20-16(11)25/h2-7H,8-9H2,1H3,(H,20,25)(H,21,23). The van der Waals surface area contributed by atoms with Crippen molar-refractivity contribution in [2.45, 2.75) is 0 Å². The molecule has 1 aromatic carbocycles. The summed E-state index contributed by atoms with van der Waals surface area (Å²) in [5, 5.41) is 3.19. The monoisotopic (exact) mass is 411 g/mol. The third-order valence-electron chi connectivity index (χ3n) is 3.37. The number of aromatic amines is 1. The van der Waals surface area contributed by atoms with Crippen LogP contribution in [0.3, 0.4) is 0 Å². The van der Waals surface area contributed by atoms with Crippen LogP contribution in [0.25, 0.3) is 0 Å². The molecule has 1 aromatic heterocycles. The lowest BCUT2D eigenvalue weighted by molar-refractivity contribution is -0.136. The van der Waals surface area contributed by atoms with E-state index in [0.717, 1.165) is 4.90 Å². The highest BCUT2D eigenvalue weighted by Gasteiger charge is 2.17. The van der Waals surface area contributed by atoms with Gasteiger partial charge in [0.25, 0.3) is 11.5 Å². The van der Waals surface area contributed by atoms with E-state index >= 15 is 0 Å². The first-order valence-corrected chi connectivity index (χ1v) is 8.37. The number of carbonyl (C=O) groups excluding carboxylic acids is 3. The average Bonchev–Trinajstić information content (AvgIpc) is 2.62. The summed E-state index contributed by atoms with van der Waals surface area (Å²) in [4.78, 5) is 50.7. The Hall–Kier alpha value is -2.84. The lowest BCUT2D eigenvalue weighted by Crippen LogP contribution is -2.37. The van der Waals surface area contributed by atoms with Crippen LogP contribution in [0.1, 0.15) is 10.4 Å². The SMILES string of the molecule is CN(CC(=O)Nc1ccc(Cl)c(Cl)c1)C(=O)COC(=O)c1ccc[nH]c1=O. The Labute approximate surface area is 164 Å². The van der Waals surface area contributed by atoms with E-state index in [1.165, 1.54) is 37.5 Å². The molecule has 0 saturated heterocycles. The summed E-state index contributed by atoms with van der Waals surface area (Å²) >= 11 is 11.7. The van der Waals surface area contributed by atoms with Crippen LogP contribution in [0, 0.1) is 0 Å². The van der Waals surface area contributed by atoms with Crippen LogP contribution in [-0.2, 0) is 14.3 Å². The van der Waals surface area contributed by atoms with Crippen LogP contribution in [0.15, 0.2) is 41.3 Å². The van der Waals surface area contributed by atoms with Gasteiger partial charge in [0.2, 0.25) is 5.91 Å². The number of ether oxygens (including phenoxy) is 1. The van der Waals surface area contributed by atoms with Crippen LogP contribution >= 0.6 is 23.2 Å². The van der Waals surface area contributed by atoms with E-state index < -0.39 is 29.9 Å². The normalized spacial score (nSPS) is 10.2. The summed E-state index contributed by atoms with van der Waals surface area (Å²) in [5.41, 5.74) is -0.417. The molecule has 8 nitrogen and oxygen atoms in total. The molecule has 1 heterocycles. The number of rotatable bonds is 6. The second-order valence-electron chi connectivity index (χ2n) is 5.42. The van der Waals surface area contributed by atoms with Gasteiger partial charge in [0, 0.05) is 18.9 Å². The molecule has 2 amide bonds. The van der Waals surface area contributed by atoms with Gasteiger partial charge < -0.3 is 19.9 Å². The first kappa shape index (κ1) is 20.5. The largest absolute Gasteiger partial charge is 0.452 e. The predicted molar refractivity (Wildman–Crippen MR) is 100 cm³/mol. The number of hydrogen-bond donors (Lipinski definition) is 2. The fourth-order valence-electron chi connectivity index (χ4n) is 1.98. The number of nitrogens with one attached hydrogen (secondary N) is 2. The molecule has 2 N–H and O–H groups in total. The molecule has 0 spiro atoms. The minimum Gasteiger partial charge on any atom is -0.452 e. The first-order valence-electron chi connectivity index (χ1n) is 7.61. The fourth-order valence-corrected chi connectivity index (χ4v) is 2.27. The molecule has 27 heavy (non-hydrogen) atoms. The van der Waals surface area contributed by atoms with Crippen molar-refractivity contribution in [1.29, 1.82) is 0 Å². The number of amides is 2. The minimum absolute atomic E-state index is 0.217. The van der Waals surface area contributed by atoms with Crippen LogP contribution < -0.4 is 10.9 Å². The molecule has 0 atom stereocenters. The molecule has 0 aliphatic rings. The van der Waals surface area contributed by atoms with Crippen LogP contribution in [0.2, 0.25) is 10.0 Å². The van der Waals surface area contributed by atoms with E-state index in [1.54, 1.807) is 6.07 Å². The predicted octanol–water partition coefficient (Wildman–Crippen LogP) is 1.94. The molecule has 0 radical (unpaired) electrons. The van der Waals surface area contributed by atoms with Crippen molar-refractivity contribution in [3.63, 3.8) is 0 Å². The zero-order valence-corrected chi connectivity index (χ0v) is 15.6. The van der Waals surface area contributed by atoms with Gasteiger partial charge in [0.05, 0.1) is 16.6 Å². The Morgan fingerprint density at radius 2 is 1.93 bits per heavy atom. The number of aromatic nitrogens is 1. The number of anilines is 1. The molecule has 0 fully saturated rings. The number of nitrogens with zero attached hydrogens (tertiary/aromatic N) is 1. The van der Waals surface area contributed by atoms with Crippen molar-refractivity contribution in [3.8, 4) is 0 Å². The molecular weight excluding hydrogens is 397 g/mol. The topological polar surface area (TPSA) is 109 Å². The highest BCUT2D eigenvalue weighted by Crippen LogP contribution is 2.24.